The van der Waals surface area contributed by atoms with Crippen LogP contribution in [0.3, 0.4) is 0 Å². The molecule has 2 heterocycles. The van der Waals surface area contributed by atoms with Crippen molar-refractivity contribution in [1.82, 2.24) is 19.8 Å². The Hall–Kier alpha value is -3.10. The molecule has 1 N–H and O–H groups in total. The number of nitrogens with one attached hydrogen (secondary N) is 1. The van der Waals surface area contributed by atoms with E-state index in [0.29, 0.717) is 5.56 Å². The lowest BCUT2D eigenvalue weighted by Crippen LogP contribution is -2.12. The molecule has 0 fully saturated rings. The number of benzene rings is 3. The summed E-state index contributed by atoms with van der Waals surface area (Å²) in [6.45, 7) is 0. The molecule has 0 aliphatic heterocycles. The minimum atomic E-state index is -0.143. The van der Waals surface area contributed by atoms with Crippen LogP contribution in [0.2, 0.25) is 0 Å². The number of hydrogen-bond donors (Lipinski definition) is 1. The van der Waals surface area contributed by atoms with Gasteiger partial charge in [0, 0.05) is 21.3 Å². The molecule has 1 amide bonds. The number of rotatable bonds is 3. The van der Waals surface area contributed by atoms with Crippen LogP contribution in [0.4, 0.5) is 5.69 Å². The average Bonchev–Trinajstić information content (AvgIpc) is 3.31. The molecule has 5 aromatic rings. The fraction of sp³-hybridized carbons (Fsp3) is 0. The largest absolute Gasteiger partial charge is 0.322 e. The van der Waals surface area contributed by atoms with Crippen LogP contribution >= 0.6 is 27.3 Å². The molecule has 0 radical (unpaired) electrons. The van der Waals surface area contributed by atoms with E-state index >= 15 is 0 Å². The number of nitrogens with zero attached hydrogens (tertiary/aromatic N) is 4. The van der Waals surface area contributed by atoms with Gasteiger partial charge in [-0.3, -0.25) is 4.79 Å². The highest BCUT2D eigenvalue weighted by Crippen LogP contribution is 2.28. The van der Waals surface area contributed by atoms with Crippen molar-refractivity contribution in [3.63, 3.8) is 0 Å². The van der Waals surface area contributed by atoms with E-state index in [2.05, 4.69) is 36.5 Å². The lowest BCUT2D eigenvalue weighted by molar-refractivity contribution is 0.102. The molecule has 136 valence electrons. The summed E-state index contributed by atoms with van der Waals surface area (Å²) in [6.07, 6.45) is 1.58. The molecule has 6 nitrogen and oxygen atoms in total. The SMILES string of the molecule is O=C(Nc1ccc(-c2nn3cnnc3s2)cc1)c1cccc2c(Br)cccc12. The van der Waals surface area contributed by atoms with Crippen molar-refractivity contribution in [2.24, 2.45) is 0 Å². The maximum Gasteiger partial charge on any atom is 0.256 e. The molecule has 28 heavy (non-hydrogen) atoms. The minimum absolute atomic E-state index is 0.143. The molecular formula is C20H12BrN5OS. The average molecular weight is 450 g/mol. The molecule has 0 spiro atoms. The van der Waals surface area contributed by atoms with Gasteiger partial charge in [0.25, 0.3) is 5.91 Å². The lowest BCUT2D eigenvalue weighted by Gasteiger charge is -2.09. The Bertz CT molecular complexity index is 1300. The molecule has 0 atom stereocenters. The molecule has 0 saturated carbocycles. The van der Waals surface area contributed by atoms with Crippen molar-refractivity contribution in [1.29, 1.82) is 0 Å². The number of anilines is 1. The van der Waals surface area contributed by atoms with Gasteiger partial charge in [-0.25, -0.2) is 0 Å². The minimum Gasteiger partial charge on any atom is -0.322 e. The molecule has 5 rings (SSSR count). The molecule has 0 aliphatic carbocycles. The highest BCUT2D eigenvalue weighted by atomic mass is 79.9. The van der Waals surface area contributed by atoms with Crippen LogP contribution in [-0.2, 0) is 0 Å². The van der Waals surface area contributed by atoms with Crippen molar-refractivity contribution in [3.05, 3.63) is 77.0 Å². The molecule has 0 unspecified atom stereocenters. The van der Waals surface area contributed by atoms with Crippen LogP contribution in [0.1, 0.15) is 10.4 Å². The molecular weight excluding hydrogens is 438 g/mol. The second-order valence-corrected chi connectivity index (χ2v) is 7.95. The van der Waals surface area contributed by atoms with Gasteiger partial charge in [0.1, 0.15) is 11.3 Å². The summed E-state index contributed by atoms with van der Waals surface area (Å²) in [7, 11) is 0. The van der Waals surface area contributed by atoms with Crippen LogP contribution in [0.25, 0.3) is 26.3 Å². The van der Waals surface area contributed by atoms with Crippen LogP contribution < -0.4 is 5.32 Å². The van der Waals surface area contributed by atoms with Gasteiger partial charge in [0.05, 0.1) is 0 Å². The Morgan fingerprint density at radius 2 is 1.79 bits per heavy atom. The Labute approximate surface area is 172 Å². The van der Waals surface area contributed by atoms with E-state index in [-0.39, 0.29) is 5.91 Å². The summed E-state index contributed by atoms with van der Waals surface area (Å²) in [5, 5.41) is 18.0. The molecule has 0 aliphatic rings. The molecule has 8 heteroatoms. The highest BCUT2D eigenvalue weighted by molar-refractivity contribution is 9.10. The van der Waals surface area contributed by atoms with Gasteiger partial charge in [-0.15, -0.1) is 10.2 Å². The summed E-state index contributed by atoms with van der Waals surface area (Å²) in [5.74, 6) is -0.143. The number of halogens is 1. The smallest absolute Gasteiger partial charge is 0.256 e. The molecule has 3 aromatic carbocycles. The number of carbonyl (C=O) groups is 1. The first-order valence-corrected chi connectivity index (χ1v) is 10.1. The molecule has 2 aromatic heterocycles. The van der Waals surface area contributed by atoms with Gasteiger partial charge in [-0.05, 0) is 47.2 Å². The summed E-state index contributed by atoms with van der Waals surface area (Å²) in [4.78, 5) is 13.6. The number of carbonyl (C=O) groups excluding carboxylic acids is 1. The van der Waals surface area contributed by atoms with Gasteiger partial charge < -0.3 is 5.32 Å². The maximum atomic E-state index is 12.8. The van der Waals surface area contributed by atoms with Crippen LogP contribution in [0.15, 0.2) is 71.5 Å². The summed E-state index contributed by atoms with van der Waals surface area (Å²) < 4.78 is 2.61. The van der Waals surface area contributed by atoms with Gasteiger partial charge in [0.15, 0.2) is 0 Å². The van der Waals surface area contributed by atoms with Gasteiger partial charge >= 0.3 is 0 Å². The van der Waals surface area contributed by atoms with Crippen LogP contribution in [0, 0.1) is 0 Å². The van der Waals surface area contributed by atoms with Crippen molar-refractivity contribution >= 4 is 54.6 Å². The van der Waals surface area contributed by atoms with E-state index in [0.717, 1.165) is 36.5 Å². The summed E-state index contributed by atoms with van der Waals surface area (Å²) in [5.41, 5.74) is 2.32. The first kappa shape index (κ1) is 17.0. The Morgan fingerprint density at radius 3 is 2.61 bits per heavy atom. The van der Waals surface area contributed by atoms with E-state index in [1.165, 1.54) is 11.3 Å². The zero-order valence-corrected chi connectivity index (χ0v) is 16.7. The van der Waals surface area contributed by atoms with E-state index < -0.39 is 0 Å². The van der Waals surface area contributed by atoms with Crippen LogP contribution in [0.5, 0.6) is 0 Å². The van der Waals surface area contributed by atoms with Crippen LogP contribution in [-0.4, -0.2) is 25.7 Å². The third-order valence-electron chi connectivity index (χ3n) is 4.39. The quantitative estimate of drug-likeness (QED) is 0.419. The predicted molar refractivity (Wildman–Crippen MR) is 114 cm³/mol. The van der Waals surface area contributed by atoms with Crippen molar-refractivity contribution in [2.75, 3.05) is 5.32 Å². The second-order valence-electron chi connectivity index (χ2n) is 6.14. The topological polar surface area (TPSA) is 72.2 Å². The first-order valence-electron chi connectivity index (χ1n) is 8.45. The van der Waals surface area contributed by atoms with E-state index in [1.54, 1.807) is 10.8 Å². The molecule has 0 bridgehead atoms. The highest BCUT2D eigenvalue weighted by Gasteiger charge is 2.12. The predicted octanol–water partition coefficient (Wildman–Crippen LogP) is 5.02. The lowest BCUT2D eigenvalue weighted by atomic mass is 10.0. The Balaban J connectivity index is 1.41. The zero-order valence-electron chi connectivity index (χ0n) is 14.3. The monoisotopic (exact) mass is 449 g/mol. The van der Waals surface area contributed by atoms with E-state index in [9.17, 15) is 4.79 Å². The zero-order chi connectivity index (χ0) is 19.1. The van der Waals surface area contributed by atoms with E-state index in [1.807, 2.05) is 60.7 Å². The van der Waals surface area contributed by atoms with Crippen molar-refractivity contribution < 1.29 is 4.79 Å². The van der Waals surface area contributed by atoms with Crippen molar-refractivity contribution in [2.45, 2.75) is 0 Å². The first-order chi connectivity index (χ1) is 13.7. The third kappa shape index (κ3) is 2.96. The summed E-state index contributed by atoms with van der Waals surface area (Å²) in [6, 6.07) is 19.2. The second kappa shape index (κ2) is 6.81. The van der Waals surface area contributed by atoms with Gasteiger partial charge in [-0.2, -0.15) is 9.61 Å². The number of aromatic nitrogens is 4. The maximum absolute atomic E-state index is 12.8. The van der Waals surface area contributed by atoms with Crippen molar-refractivity contribution in [3.8, 4) is 10.6 Å². The summed E-state index contributed by atoms with van der Waals surface area (Å²) >= 11 is 5.00. The Morgan fingerprint density at radius 1 is 1.00 bits per heavy atom. The van der Waals surface area contributed by atoms with Gasteiger partial charge in [-0.1, -0.05) is 51.5 Å². The van der Waals surface area contributed by atoms with Gasteiger partial charge in [0.2, 0.25) is 4.96 Å². The normalized spacial score (nSPS) is 11.2. The van der Waals surface area contributed by atoms with E-state index in [4.69, 9.17) is 0 Å². The third-order valence-corrected chi connectivity index (χ3v) is 6.04. The fourth-order valence-corrected chi connectivity index (χ4v) is 4.36. The Kier molecular flexibility index (Phi) is 4.14. The fourth-order valence-electron chi connectivity index (χ4n) is 3.04. The molecule has 0 saturated heterocycles. The number of amides is 1. The number of hydrogen-bond acceptors (Lipinski definition) is 5. The standard InChI is InChI=1S/C20H12BrN5OS/c21-17-6-2-3-14-15(17)4-1-5-16(14)18(27)23-13-9-7-12(8-10-13)19-25-26-11-22-24-20(26)28-19/h1-11H,(H,23,27). The number of fused-ring (bicyclic) bond motifs is 2.